The van der Waals surface area contributed by atoms with Crippen LogP contribution in [0.4, 0.5) is 27.5 Å². The lowest BCUT2D eigenvalue weighted by atomic mass is 10.1. The van der Waals surface area contributed by atoms with E-state index in [1.165, 1.54) is 36.4 Å². The number of carbonyl (C=O) groups is 3. The van der Waals surface area contributed by atoms with Crippen molar-refractivity contribution in [3.05, 3.63) is 83.9 Å². The Morgan fingerprint density at radius 3 is 2.02 bits per heavy atom. The van der Waals surface area contributed by atoms with Gasteiger partial charge in [-0.05, 0) is 60.7 Å². The van der Waals surface area contributed by atoms with Crippen LogP contribution in [-0.4, -0.2) is 50.9 Å². The van der Waals surface area contributed by atoms with E-state index in [1.54, 1.807) is 0 Å². The molecule has 4 rings (SSSR count). The molecule has 0 aliphatic carbocycles. The van der Waals surface area contributed by atoms with E-state index >= 15 is 0 Å². The fourth-order valence-corrected chi connectivity index (χ4v) is 4.84. The Hall–Kier alpha value is -4.99. The van der Waals surface area contributed by atoms with Gasteiger partial charge >= 0.3 is 25.6 Å². The van der Waals surface area contributed by atoms with Crippen molar-refractivity contribution in [2.24, 2.45) is 10.2 Å². The van der Waals surface area contributed by atoms with Crippen LogP contribution in [0.2, 0.25) is 0 Å². The molecule has 0 bridgehead atoms. The molecule has 15 nitrogen and oxygen atoms in total. The number of benzene rings is 4. The summed E-state index contributed by atoms with van der Waals surface area (Å²) >= 11 is 0. The summed E-state index contributed by atoms with van der Waals surface area (Å²) in [7, 11) is -9.24. The molecule has 0 saturated carbocycles. The first-order valence-corrected chi connectivity index (χ1v) is 14.5. The molecular weight excluding hydrogens is 595 g/mol. The Balaban J connectivity index is 1.73. The zero-order valence-electron chi connectivity index (χ0n) is 20.9. The number of amides is 2. The second-order valence-electron chi connectivity index (χ2n) is 8.57. The SMILES string of the molecule is O=C(Nc1cccc(P(=O)(O)O)c1)Nc1ccc(/N=N/c2cc(C(=O)O)cc(C(=O)O)c2)c2cc(S(=O)(=O)O)ccc12. The zero-order chi connectivity index (χ0) is 30.8. The van der Waals surface area contributed by atoms with Crippen molar-refractivity contribution in [1.82, 2.24) is 0 Å². The van der Waals surface area contributed by atoms with Crippen LogP contribution in [-0.2, 0) is 14.7 Å². The molecule has 0 radical (unpaired) electrons. The number of fused-ring (bicyclic) bond motifs is 1. The number of azo groups is 1. The maximum atomic E-state index is 12.7. The van der Waals surface area contributed by atoms with Gasteiger partial charge in [0.25, 0.3) is 10.1 Å². The Labute approximate surface area is 236 Å². The van der Waals surface area contributed by atoms with E-state index in [4.69, 9.17) is 0 Å². The lowest BCUT2D eigenvalue weighted by Crippen LogP contribution is -2.20. The highest BCUT2D eigenvalue weighted by molar-refractivity contribution is 7.85. The summed E-state index contributed by atoms with van der Waals surface area (Å²) in [5.41, 5.74) is -0.644. The van der Waals surface area contributed by atoms with Crippen LogP contribution in [0.15, 0.2) is 87.9 Å². The van der Waals surface area contributed by atoms with Crippen LogP contribution >= 0.6 is 7.60 Å². The lowest BCUT2D eigenvalue weighted by molar-refractivity contribution is 0.0696. The van der Waals surface area contributed by atoms with Gasteiger partial charge in [-0.2, -0.15) is 13.5 Å². The molecular formula is C25H19N4O11PS. The molecule has 7 N–H and O–H groups in total. The summed E-state index contributed by atoms with van der Waals surface area (Å²) in [5.74, 6) is -2.81. The van der Waals surface area contributed by atoms with Gasteiger partial charge in [0.05, 0.1) is 38.4 Å². The lowest BCUT2D eigenvalue weighted by Gasteiger charge is -2.13. The maximum Gasteiger partial charge on any atom is 0.356 e. The van der Waals surface area contributed by atoms with Gasteiger partial charge in [0.2, 0.25) is 0 Å². The van der Waals surface area contributed by atoms with E-state index in [1.807, 2.05) is 0 Å². The molecule has 0 spiro atoms. The molecule has 2 amide bonds. The van der Waals surface area contributed by atoms with Gasteiger partial charge in [0.15, 0.2) is 0 Å². The molecule has 0 aromatic heterocycles. The van der Waals surface area contributed by atoms with Crippen molar-refractivity contribution in [1.29, 1.82) is 0 Å². The zero-order valence-corrected chi connectivity index (χ0v) is 22.6. The quantitative estimate of drug-likeness (QED) is 0.0834. The summed E-state index contributed by atoms with van der Waals surface area (Å²) in [5, 5.41) is 31.4. The molecule has 0 unspecified atom stereocenters. The van der Waals surface area contributed by atoms with E-state index in [9.17, 15) is 51.9 Å². The van der Waals surface area contributed by atoms with E-state index < -0.39 is 40.6 Å². The minimum atomic E-state index is -4.67. The number of carboxylic acid groups (broad SMARTS) is 2. The maximum absolute atomic E-state index is 12.7. The first-order valence-electron chi connectivity index (χ1n) is 11.4. The van der Waals surface area contributed by atoms with Gasteiger partial charge in [-0.25, -0.2) is 14.4 Å². The molecule has 17 heteroatoms. The molecule has 0 aliphatic heterocycles. The largest absolute Gasteiger partial charge is 0.478 e. The smallest absolute Gasteiger partial charge is 0.356 e. The summed E-state index contributed by atoms with van der Waals surface area (Å²) in [6.07, 6.45) is 0. The van der Waals surface area contributed by atoms with Crippen LogP contribution in [0.5, 0.6) is 0 Å². The summed E-state index contributed by atoms with van der Waals surface area (Å²) in [6, 6.07) is 13.4. The number of hydrogen-bond donors (Lipinski definition) is 7. The number of anilines is 2. The van der Waals surface area contributed by atoms with Crippen molar-refractivity contribution in [3.8, 4) is 0 Å². The van der Waals surface area contributed by atoms with E-state index in [0.29, 0.717) is 0 Å². The topological polar surface area (TPSA) is 252 Å². The average Bonchev–Trinajstić information content (AvgIpc) is 2.91. The molecule has 0 fully saturated rings. The standard InChI is InChI=1S/C25H19N4O11PS/c30-23(31)13-8-14(24(32)33)10-16(9-13)28-29-22-7-6-21(19-5-4-18(12-20(19)22)42(38,39)40)27-25(34)26-15-2-1-3-17(11-15)41(35,36)37/h1-12H,(H,30,31)(H,32,33)(H2,26,27,34)(H2,35,36,37)(H,38,39,40)/b29-28+. The van der Waals surface area contributed by atoms with E-state index in [0.717, 1.165) is 36.4 Å². The van der Waals surface area contributed by atoms with Gasteiger partial charge in [-0.3, -0.25) is 9.12 Å². The third-order valence-corrected chi connectivity index (χ3v) is 7.44. The number of nitrogens with zero attached hydrogens (tertiary/aromatic N) is 2. The first-order chi connectivity index (χ1) is 19.6. The summed E-state index contributed by atoms with van der Waals surface area (Å²) in [4.78, 5) is 53.7. The van der Waals surface area contributed by atoms with Gasteiger partial charge in [-0.15, -0.1) is 5.11 Å². The predicted octanol–water partition coefficient (Wildman–Crippen LogP) is 4.35. The van der Waals surface area contributed by atoms with Crippen molar-refractivity contribution in [3.63, 3.8) is 0 Å². The highest BCUT2D eigenvalue weighted by atomic mass is 32.2. The number of carbonyl (C=O) groups excluding carboxylic acids is 1. The van der Waals surface area contributed by atoms with Gasteiger partial charge in [-0.1, -0.05) is 12.1 Å². The molecule has 0 saturated heterocycles. The van der Waals surface area contributed by atoms with Crippen LogP contribution in [0.1, 0.15) is 20.7 Å². The van der Waals surface area contributed by atoms with Crippen molar-refractivity contribution < 1.29 is 51.9 Å². The summed E-state index contributed by atoms with van der Waals surface area (Å²) < 4.78 is 44.6. The minimum Gasteiger partial charge on any atom is -0.478 e. The number of hydrogen-bond acceptors (Lipinski definition) is 8. The third kappa shape index (κ3) is 7.01. The molecule has 0 aliphatic rings. The van der Waals surface area contributed by atoms with Crippen LogP contribution < -0.4 is 15.9 Å². The molecule has 42 heavy (non-hydrogen) atoms. The monoisotopic (exact) mass is 614 g/mol. The summed E-state index contributed by atoms with van der Waals surface area (Å²) in [6.45, 7) is 0. The predicted molar refractivity (Wildman–Crippen MR) is 149 cm³/mol. The Morgan fingerprint density at radius 2 is 1.43 bits per heavy atom. The highest BCUT2D eigenvalue weighted by Crippen LogP contribution is 2.36. The average molecular weight is 614 g/mol. The van der Waals surface area contributed by atoms with Crippen molar-refractivity contribution in [2.75, 3.05) is 10.6 Å². The third-order valence-electron chi connectivity index (χ3n) is 5.64. The number of nitrogens with one attached hydrogen (secondary N) is 2. The van der Waals surface area contributed by atoms with Gasteiger partial charge < -0.3 is 30.6 Å². The molecule has 4 aromatic carbocycles. The van der Waals surface area contributed by atoms with Crippen LogP contribution in [0, 0.1) is 0 Å². The number of rotatable bonds is 8. The Bertz CT molecular complexity index is 1920. The Morgan fingerprint density at radius 1 is 0.762 bits per heavy atom. The fraction of sp³-hybridized carbons (Fsp3) is 0. The van der Waals surface area contributed by atoms with Gasteiger partial charge in [0.1, 0.15) is 0 Å². The fourth-order valence-electron chi connectivity index (χ4n) is 3.75. The van der Waals surface area contributed by atoms with E-state index in [2.05, 4.69) is 20.9 Å². The van der Waals surface area contributed by atoms with E-state index in [-0.39, 0.29) is 50.0 Å². The van der Waals surface area contributed by atoms with Crippen molar-refractivity contribution in [2.45, 2.75) is 4.90 Å². The molecule has 216 valence electrons. The first kappa shape index (κ1) is 30.0. The molecule has 0 atom stereocenters. The number of aromatic carboxylic acids is 2. The normalized spacial score (nSPS) is 11.9. The minimum absolute atomic E-state index is 0.00778. The second kappa shape index (κ2) is 11.5. The number of urea groups is 1. The molecule has 4 aromatic rings. The highest BCUT2D eigenvalue weighted by Gasteiger charge is 2.18. The Kier molecular flexibility index (Phi) is 8.19. The van der Waals surface area contributed by atoms with Crippen LogP contribution in [0.3, 0.4) is 0 Å². The molecule has 0 heterocycles. The second-order valence-corrected chi connectivity index (χ2v) is 11.6. The van der Waals surface area contributed by atoms with Crippen LogP contribution in [0.25, 0.3) is 10.8 Å². The van der Waals surface area contributed by atoms with Gasteiger partial charge in [0, 0.05) is 16.5 Å². The van der Waals surface area contributed by atoms with Crippen molar-refractivity contribution >= 4 is 74.5 Å². The number of carboxylic acids is 2.